The molecule has 0 bridgehead atoms. The Balaban J connectivity index is 0.000000137. The van der Waals surface area contributed by atoms with Gasteiger partial charge in [-0.3, -0.25) is 0 Å². The molecule has 0 unspecified atom stereocenters. The van der Waals surface area contributed by atoms with Crippen molar-refractivity contribution in [3.63, 3.8) is 0 Å². The Kier molecular flexibility index (Phi) is 5.74. The van der Waals surface area contributed by atoms with E-state index < -0.39 is 0 Å². The maximum Gasteiger partial charge on any atom is 2.00 e. The predicted octanol–water partition coefficient (Wildman–Crippen LogP) is 7.58. The summed E-state index contributed by atoms with van der Waals surface area (Å²) in [5.41, 5.74) is 0. The molecular formula is C28H18Pt. The first-order valence-corrected chi connectivity index (χ1v) is 9.46. The van der Waals surface area contributed by atoms with E-state index in [1.165, 1.54) is 43.1 Å². The summed E-state index contributed by atoms with van der Waals surface area (Å²) in [6.07, 6.45) is 0. The van der Waals surface area contributed by atoms with E-state index in [-0.39, 0.29) is 21.1 Å². The molecule has 0 aromatic heterocycles. The summed E-state index contributed by atoms with van der Waals surface area (Å²) in [6.45, 7) is 0. The molecule has 1 heteroatoms. The van der Waals surface area contributed by atoms with Crippen LogP contribution in [0.1, 0.15) is 0 Å². The molecule has 6 aromatic carbocycles. The first kappa shape index (κ1) is 19.4. The van der Waals surface area contributed by atoms with E-state index in [1.807, 2.05) is 24.3 Å². The zero-order valence-corrected chi connectivity index (χ0v) is 18.0. The standard InChI is InChI=1S/2C14H9.Pt/c1-3-7-13-11(5-1)9-10-12-6-2-4-8-14(12)13;1-2-6-12-10-14-8-4-3-7-13(14)9-11(12)5-1;/h1-5,7-10H;1-9H;/q2*-1;+2. The molecule has 140 valence electrons. The number of hydrogen-bond acceptors (Lipinski definition) is 0. The molecule has 6 rings (SSSR count). The molecule has 29 heavy (non-hydrogen) atoms. The van der Waals surface area contributed by atoms with Gasteiger partial charge in [-0.25, -0.2) is 0 Å². The van der Waals surface area contributed by atoms with Gasteiger partial charge in [-0.15, -0.1) is 76.1 Å². The molecule has 0 aliphatic carbocycles. The molecule has 0 spiro atoms. The van der Waals surface area contributed by atoms with Crippen LogP contribution in [0.2, 0.25) is 0 Å². The van der Waals surface area contributed by atoms with Crippen LogP contribution >= 0.6 is 0 Å². The zero-order chi connectivity index (χ0) is 18.8. The van der Waals surface area contributed by atoms with E-state index in [0.717, 1.165) is 0 Å². The Morgan fingerprint density at radius 3 is 1.76 bits per heavy atom. The molecule has 0 aliphatic rings. The van der Waals surface area contributed by atoms with Crippen LogP contribution in [-0.4, -0.2) is 0 Å². The fraction of sp³-hybridized carbons (Fsp3) is 0. The van der Waals surface area contributed by atoms with Crippen LogP contribution in [0.5, 0.6) is 0 Å². The van der Waals surface area contributed by atoms with E-state index >= 15 is 0 Å². The maximum absolute atomic E-state index is 3.41. The fourth-order valence-electron chi connectivity index (χ4n) is 3.67. The predicted molar refractivity (Wildman–Crippen MR) is 121 cm³/mol. The topological polar surface area (TPSA) is 0 Å². The van der Waals surface area contributed by atoms with Crippen LogP contribution in [0.15, 0.2) is 109 Å². The number of rotatable bonds is 0. The zero-order valence-electron chi connectivity index (χ0n) is 15.7. The molecule has 0 N–H and O–H groups in total. The van der Waals surface area contributed by atoms with Gasteiger partial charge in [-0.1, -0.05) is 82.9 Å². The van der Waals surface area contributed by atoms with Crippen LogP contribution in [0.25, 0.3) is 43.1 Å². The molecule has 0 saturated carbocycles. The van der Waals surface area contributed by atoms with Gasteiger partial charge in [0.1, 0.15) is 0 Å². The van der Waals surface area contributed by atoms with Crippen molar-refractivity contribution in [2.45, 2.75) is 0 Å². The molecule has 0 nitrogen and oxygen atoms in total. The van der Waals surface area contributed by atoms with E-state index in [0.29, 0.717) is 0 Å². The van der Waals surface area contributed by atoms with E-state index in [1.54, 1.807) is 0 Å². The minimum absolute atomic E-state index is 0. The van der Waals surface area contributed by atoms with Gasteiger partial charge in [0.25, 0.3) is 0 Å². The molecule has 0 atom stereocenters. The molecular weight excluding hydrogens is 531 g/mol. The second-order valence-corrected chi connectivity index (χ2v) is 6.86. The monoisotopic (exact) mass is 549 g/mol. The second-order valence-electron chi connectivity index (χ2n) is 6.86. The van der Waals surface area contributed by atoms with Gasteiger partial charge in [0, 0.05) is 0 Å². The Labute approximate surface area is 185 Å². The molecule has 0 amide bonds. The number of fused-ring (bicyclic) bond motifs is 5. The SMILES string of the molecule is [Pt+2].[c-]1c2ccccc2cc2ccccc12.[c-]1cccc2c1ccc1ccccc12. The quantitative estimate of drug-likeness (QED) is 0.104. The van der Waals surface area contributed by atoms with Crippen LogP contribution in [-0.2, 0) is 21.1 Å². The molecule has 0 fully saturated rings. The summed E-state index contributed by atoms with van der Waals surface area (Å²) in [7, 11) is 0. The van der Waals surface area contributed by atoms with Crippen molar-refractivity contribution in [2.75, 3.05) is 0 Å². The van der Waals surface area contributed by atoms with Gasteiger partial charge in [-0.2, -0.15) is 0 Å². The maximum atomic E-state index is 3.41. The number of benzene rings is 6. The van der Waals surface area contributed by atoms with Crippen molar-refractivity contribution in [3.05, 3.63) is 121 Å². The first-order chi connectivity index (χ1) is 13.9. The molecule has 0 heterocycles. The van der Waals surface area contributed by atoms with Gasteiger partial charge < -0.3 is 0 Å². The normalized spacial score (nSPS) is 10.5. The van der Waals surface area contributed by atoms with Crippen molar-refractivity contribution in [3.8, 4) is 0 Å². The second kappa shape index (κ2) is 8.60. The summed E-state index contributed by atoms with van der Waals surface area (Å²) in [4.78, 5) is 0. The third-order valence-corrected chi connectivity index (χ3v) is 5.07. The van der Waals surface area contributed by atoms with Gasteiger partial charge in [-0.05, 0) is 5.39 Å². The third kappa shape index (κ3) is 3.95. The van der Waals surface area contributed by atoms with Gasteiger partial charge in [0.15, 0.2) is 0 Å². The van der Waals surface area contributed by atoms with Crippen molar-refractivity contribution >= 4 is 43.1 Å². The summed E-state index contributed by atoms with van der Waals surface area (Å²) in [6, 6.07) is 44.4. The van der Waals surface area contributed by atoms with Crippen molar-refractivity contribution in [1.82, 2.24) is 0 Å². The number of hydrogen-bond donors (Lipinski definition) is 0. The Hall–Kier alpha value is -2.95. The minimum Gasteiger partial charge on any atom is -0.147 e. The van der Waals surface area contributed by atoms with Crippen molar-refractivity contribution in [1.29, 1.82) is 0 Å². The molecule has 0 radical (unpaired) electrons. The Morgan fingerprint density at radius 2 is 1.03 bits per heavy atom. The van der Waals surface area contributed by atoms with Crippen molar-refractivity contribution in [2.24, 2.45) is 0 Å². The molecule has 0 aliphatic heterocycles. The average molecular weight is 550 g/mol. The summed E-state index contributed by atoms with van der Waals surface area (Å²) >= 11 is 0. The third-order valence-electron chi connectivity index (χ3n) is 5.07. The first-order valence-electron chi connectivity index (χ1n) is 9.46. The van der Waals surface area contributed by atoms with Gasteiger partial charge in [0.2, 0.25) is 0 Å². The van der Waals surface area contributed by atoms with Crippen LogP contribution < -0.4 is 0 Å². The fourth-order valence-corrected chi connectivity index (χ4v) is 3.67. The van der Waals surface area contributed by atoms with E-state index in [9.17, 15) is 0 Å². The molecule has 6 aromatic rings. The van der Waals surface area contributed by atoms with E-state index in [2.05, 4.69) is 97.1 Å². The van der Waals surface area contributed by atoms with Crippen LogP contribution in [0.4, 0.5) is 0 Å². The Bertz CT molecular complexity index is 1240. The summed E-state index contributed by atoms with van der Waals surface area (Å²) < 4.78 is 0. The van der Waals surface area contributed by atoms with Crippen LogP contribution in [0.3, 0.4) is 0 Å². The van der Waals surface area contributed by atoms with Crippen molar-refractivity contribution < 1.29 is 21.1 Å². The largest absolute Gasteiger partial charge is 2.00 e. The van der Waals surface area contributed by atoms with Gasteiger partial charge in [0.05, 0.1) is 0 Å². The summed E-state index contributed by atoms with van der Waals surface area (Å²) in [5, 5.41) is 9.95. The van der Waals surface area contributed by atoms with Crippen LogP contribution in [0, 0.1) is 12.1 Å². The van der Waals surface area contributed by atoms with E-state index in [4.69, 9.17) is 0 Å². The molecule has 0 saturated heterocycles. The average Bonchev–Trinajstić information content (AvgIpc) is 2.78. The smallest absolute Gasteiger partial charge is 0.147 e. The minimum atomic E-state index is 0. The van der Waals surface area contributed by atoms with Gasteiger partial charge >= 0.3 is 21.1 Å². The summed E-state index contributed by atoms with van der Waals surface area (Å²) in [5.74, 6) is 0. The Morgan fingerprint density at radius 1 is 0.448 bits per heavy atom.